The normalized spacial score (nSPS) is 11.1. The fourth-order valence-corrected chi connectivity index (χ4v) is 1.30. The fourth-order valence-electron chi connectivity index (χ4n) is 1.30. The molecule has 5 nitrogen and oxygen atoms in total. The maximum atomic E-state index is 11.7. The minimum Gasteiger partial charge on any atom is -0.462 e. The van der Waals surface area contributed by atoms with E-state index in [-0.39, 0.29) is 12.0 Å². The average molecular weight is 252 g/mol. The lowest BCUT2D eigenvalue weighted by atomic mass is 9.95. The van der Waals surface area contributed by atoms with Gasteiger partial charge >= 0.3 is 5.97 Å². The third-order valence-corrected chi connectivity index (χ3v) is 2.47. The summed E-state index contributed by atoms with van der Waals surface area (Å²) in [6, 6.07) is 3.36. The first-order valence-electron chi connectivity index (χ1n) is 5.97. The van der Waals surface area contributed by atoms with Crippen LogP contribution in [-0.4, -0.2) is 35.8 Å². The van der Waals surface area contributed by atoms with Crippen LogP contribution in [0.1, 0.15) is 31.1 Å². The van der Waals surface area contributed by atoms with Crippen LogP contribution in [0.2, 0.25) is 0 Å². The van der Waals surface area contributed by atoms with Gasteiger partial charge in [-0.15, -0.1) is 0 Å². The highest BCUT2D eigenvalue weighted by Crippen LogP contribution is 2.18. The Morgan fingerprint density at radius 3 is 2.89 bits per heavy atom. The van der Waals surface area contributed by atoms with Crippen molar-refractivity contribution in [2.24, 2.45) is 5.41 Å². The largest absolute Gasteiger partial charge is 0.462 e. The predicted molar refractivity (Wildman–Crippen MR) is 69.6 cm³/mol. The zero-order valence-electron chi connectivity index (χ0n) is 11.1. The summed E-state index contributed by atoms with van der Waals surface area (Å²) in [7, 11) is 0. The van der Waals surface area contributed by atoms with E-state index in [1.165, 1.54) is 0 Å². The molecule has 0 unspecified atom stereocenters. The Balaban J connectivity index is 2.79. The molecule has 0 aliphatic carbocycles. The molecule has 0 fully saturated rings. The lowest BCUT2D eigenvalue weighted by molar-refractivity contribution is 0.0527. The van der Waals surface area contributed by atoms with E-state index in [4.69, 9.17) is 4.74 Å². The molecule has 1 aromatic heterocycles. The Morgan fingerprint density at radius 2 is 2.28 bits per heavy atom. The minimum absolute atomic E-state index is 0.0571. The first kappa shape index (κ1) is 14.4. The van der Waals surface area contributed by atoms with Gasteiger partial charge in [-0.2, -0.15) is 0 Å². The van der Waals surface area contributed by atoms with E-state index in [2.05, 4.69) is 10.3 Å². The van der Waals surface area contributed by atoms with Gasteiger partial charge in [-0.25, -0.2) is 9.78 Å². The number of aliphatic hydroxyl groups is 1. The van der Waals surface area contributed by atoms with E-state index >= 15 is 0 Å². The number of ether oxygens (including phenoxy) is 1. The number of hydrogen-bond acceptors (Lipinski definition) is 5. The lowest BCUT2D eigenvalue weighted by Crippen LogP contribution is -2.27. The second kappa shape index (κ2) is 6.35. The molecular formula is C13H20N2O3. The van der Waals surface area contributed by atoms with Gasteiger partial charge in [0.15, 0.2) is 0 Å². The summed E-state index contributed by atoms with van der Waals surface area (Å²) in [6.07, 6.45) is 1.61. The molecule has 0 atom stereocenters. The minimum atomic E-state index is -0.394. The van der Waals surface area contributed by atoms with Crippen molar-refractivity contribution < 1.29 is 14.6 Å². The first-order valence-corrected chi connectivity index (χ1v) is 5.97. The van der Waals surface area contributed by atoms with Gasteiger partial charge in [0.25, 0.3) is 0 Å². The van der Waals surface area contributed by atoms with Crippen LogP contribution in [0, 0.1) is 5.41 Å². The maximum Gasteiger partial charge on any atom is 0.341 e. The van der Waals surface area contributed by atoms with Gasteiger partial charge < -0.3 is 15.2 Å². The molecule has 0 aliphatic heterocycles. The molecule has 5 heteroatoms. The zero-order valence-corrected chi connectivity index (χ0v) is 11.1. The number of carbonyl (C=O) groups is 1. The molecule has 0 aromatic carbocycles. The van der Waals surface area contributed by atoms with Crippen LogP contribution in [0.3, 0.4) is 0 Å². The third-order valence-electron chi connectivity index (χ3n) is 2.47. The van der Waals surface area contributed by atoms with Crippen molar-refractivity contribution in [3.8, 4) is 0 Å². The Bertz CT molecular complexity index is 405. The highest BCUT2D eigenvalue weighted by atomic mass is 16.5. The van der Waals surface area contributed by atoms with Gasteiger partial charge in [-0.05, 0) is 19.1 Å². The van der Waals surface area contributed by atoms with Crippen LogP contribution in [-0.2, 0) is 4.74 Å². The molecule has 0 aliphatic rings. The quantitative estimate of drug-likeness (QED) is 0.754. The topological polar surface area (TPSA) is 71.5 Å². The van der Waals surface area contributed by atoms with Crippen molar-refractivity contribution in [2.75, 3.05) is 25.1 Å². The molecule has 100 valence electrons. The number of esters is 1. The van der Waals surface area contributed by atoms with E-state index in [9.17, 15) is 9.90 Å². The average Bonchev–Trinajstić information content (AvgIpc) is 2.37. The molecule has 0 bridgehead atoms. The number of carbonyl (C=O) groups excluding carboxylic acids is 1. The van der Waals surface area contributed by atoms with Crippen molar-refractivity contribution in [1.29, 1.82) is 0 Å². The van der Waals surface area contributed by atoms with Crippen LogP contribution < -0.4 is 5.32 Å². The fraction of sp³-hybridized carbons (Fsp3) is 0.538. The Hall–Kier alpha value is -1.62. The summed E-state index contributed by atoms with van der Waals surface area (Å²) in [6.45, 7) is 6.51. The zero-order chi connectivity index (χ0) is 13.6. The summed E-state index contributed by atoms with van der Waals surface area (Å²) in [4.78, 5) is 15.8. The summed E-state index contributed by atoms with van der Waals surface area (Å²) >= 11 is 0. The molecule has 2 N–H and O–H groups in total. The summed E-state index contributed by atoms with van der Waals surface area (Å²) in [5.74, 6) is 0.0902. The van der Waals surface area contributed by atoms with E-state index in [0.29, 0.717) is 24.5 Å². The molecular weight excluding hydrogens is 232 g/mol. The van der Waals surface area contributed by atoms with Gasteiger partial charge in [0, 0.05) is 24.8 Å². The Morgan fingerprint density at radius 1 is 1.56 bits per heavy atom. The van der Waals surface area contributed by atoms with Crippen molar-refractivity contribution >= 4 is 11.8 Å². The molecule has 0 saturated carbocycles. The SMILES string of the molecule is CCOC(=O)c1cccnc1NCC(C)(C)CO. The van der Waals surface area contributed by atoms with Crippen LogP contribution in [0.5, 0.6) is 0 Å². The van der Waals surface area contributed by atoms with Gasteiger partial charge in [0.1, 0.15) is 11.4 Å². The summed E-state index contributed by atoms with van der Waals surface area (Å²) in [5.41, 5.74) is 0.136. The van der Waals surface area contributed by atoms with Gasteiger partial charge in [0.05, 0.1) is 6.61 Å². The maximum absolute atomic E-state index is 11.7. The molecule has 0 radical (unpaired) electrons. The lowest BCUT2D eigenvalue weighted by Gasteiger charge is -2.22. The highest BCUT2D eigenvalue weighted by Gasteiger charge is 2.19. The van der Waals surface area contributed by atoms with Crippen LogP contribution in [0.15, 0.2) is 18.3 Å². The molecule has 0 spiro atoms. The number of anilines is 1. The van der Waals surface area contributed by atoms with Crippen molar-refractivity contribution in [2.45, 2.75) is 20.8 Å². The number of aliphatic hydroxyl groups excluding tert-OH is 1. The predicted octanol–water partition coefficient (Wildman–Crippen LogP) is 1.69. The highest BCUT2D eigenvalue weighted by molar-refractivity contribution is 5.94. The van der Waals surface area contributed by atoms with Gasteiger partial charge in [-0.3, -0.25) is 0 Å². The Kier molecular flexibility index (Phi) is 5.09. The van der Waals surface area contributed by atoms with Gasteiger partial charge in [0.2, 0.25) is 0 Å². The van der Waals surface area contributed by atoms with E-state index < -0.39 is 5.97 Å². The van der Waals surface area contributed by atoms with Crippen LogP contribution in [0.4, 0.5) is 5.82 Å². The van der Waals surface area contributed by atoms with Crippen LogP contribution in [0.25, 0.3) is 0 Å². The van der Waals surface area contributed by atoms with E-state index in [1.54, 1.807) is 25.3 Å². The number of rotatable bonds is 6. The second-order valence-corrected chi connectivity index (χ2v) is 4.80. The summed E-state index contributed by atoms with van der Waals surface area (Å²) < 4.78 is 4.96. The van der Waals surface area contributed by atoms with Crippen molar-refractivity contribution in [3.05, 3.63) is 23.9 Å². The third kappa shape index (κ3) is 4.00. The molecule has 0 saturated heterocycles. The van der Waals surface area contributed by atoms with Crippen molar-refractivity contribution in [1.82, 2.24) is 4.98 Å². The number of nitrogens with zero attached hydrogens (tertiary/aromatic N) is 1. The monoisotopic (exact) mass is 252 g/mol. The molecule has 1 aromatic rings. The second-order valence-electron chi connectivity index (χ2n) is 4.80. The van der Waals surface area contributed by atoms with Gasteiger partial charge in [-0.1, -0.05) is 13.8 Å². The van der Waals surface area contributed by atoms with Crippen molar-refractivity contribution in [3.63, 3.8) is 0 Å². The standard InChI is InChI=1S/C13H20N2O3/c1-4-18-12(17)10-6-5-7-14-11(10)15-8-13(2,3)9-16/h5-7,16H,4,8-9H2,1-3H3,(H,14,15). The smallest absolute Gasteiger partial charge is 0.341 e. The van der Waals surface area contributed by atoms with E-state index in [1.807, 2.05) is 13.8 Å². The Labute approximate surface area is 107 Å². The first-order chi connectivity index (χ1) is 8.50. The summed E-state index contributed by atoms with van der Waals surface area (Å²) in [5, 5.41) is 12.3. The van der Waals surface area contributed by atoms with E-state index in [0.717, 1.165) is 0 Å². The number of hydrogen-bond donors (Lipinski definition) is 2. The molecule has 18 heavy (non-hydrogen) atoms. The van der Waals surface area contributed by atoms with Crippen LogP contribution >= 0.6 is 0 Å². The molecule has 1 rings (SSSR count). The number of aromatic nitrogens is 1. The molecule has 1 heterocycles. The molecule has 0 amide bonds. The number of nitrogens with one attached hydrogen (secondary N) is 1. The number of pyridine rings is 1.